The second-order valence-corrected chi connectivity index (χ2v) is 6.32. The number of carbonyl (C=O) groups excluding carboxylic acids is 2. The summed E-state index contributed by atoms with van der Waals surface area (Å²) in [7, 11) is 2.93. The van der Waals surface area contributed by atoms with Crippen LogP contribution in [-0.2, 0) is 20.8 Å². The molecule has 0 aliphatic carbocycles. The van der Waals surface area contributed by atoms with Gasteiger partial charge in [-0.25, -0.2) is 9.78 Å². The molecule has 0 bridgehead atoms. The van der Waals surface area contributed by atoms with Crippen LogP contribution in [0.5, 0.6) is 5.75 Å². The van der Waals surface area contributed by atoms with Crippen molar-refractivity contribution in [3.05, 3.63) is 46.4 Å². The molecule has 0 atom stereocenters. The lowest BCUT2D eigenvalue weighted by Gasteiger charge is -2.21. The topological polar surface area (TPSA) is 78.0 Å². The number of methoxy groups -OCH3 is 2. The molecule has 0 saturated carbocycles. The van der Waals surface area contributed by atoms with E-state index in [0.29, 0.717) is 36.9 Å². The molecule has 2 rings (SSSR count). The third-order valence-electron chi connectivity index (χ3n) is 3.51. The average molecular weight is 378 g/mol. The normalized spacial score (nSPS) is 10.4. The van der Waals surface area contributed by atoms with Crippen molar-refractivity contribution in [2.45, 2.75) is 13.0 Å². The van der Waals surface area contributed by atoms with E-state index in [0.717, 1.165) is 0 Å². The summed E-state index contributed by atoms with van der Waals surface area (Å²) in [5, 5.41) is 2.29. The van der Waals surface area contributed by atoms with E-state index in [1.54, 1.807) is 29.5 Å². The number of hydrogen-bond acceptors (Lipinski definition) is 7. The first-order valence-electron chi connectivity index (χ1n) is 8.11. The number of benzene rings is 1. The van der Waals surface area contributed by atoms with Crippen LogP contribution >= 0.6 is 11.3 Å². The average Bonchev–Trinajstić information content (AvgIpc) is 3.14. The summed E-state index contributed by atoms with van der Waals surface area (Å²) in [6.45, 7) is 1.31. The van der Waals surface area contributed by atoms with Gasteiger partial charge in [-0.3, -0.25) is 4.79 Å². The summed E-state index contributed by atoms with van der Waals surface area (Å²) in [4.78, 5) is 30.0. The van der Waals surface area contributed by atoms with E-state index >= 15 is 0 Å². The number of rotatable bonds is 10. The van der Waals surface area contributed by atoms with Crippen molar-refractivity contribution in [3.63, 3.8) is 0 Å². The maximum Gasteiger partial charge on any atom is 0.357 e. The monoisotopic (exact) mass is 378 g/mol. The van der Waals surface area contributed by atoms with Crippen LogP contribution in [0.15, 0.2) is 35.7 Å². The molecular weight excluding hydrogens is 356 g/mol. The minimum absolute atomic E-state index is 0.0633. The van der Waals surface area contributed by atoms with Gasteiger partial charge < -0.3 is 19.1 Å². The van der Waals surface area contributed by atoms with Gasteiger partial charge in [0, 0.05) is 25.6 Å². The third-order valence-corrected chi connectivity index (χ3v) is 4.34. The molecule has 2 aromatic rings. The molecule has 140 valence electrons. The standard InChI is InChI=1S/C18H22N2O5S/c1-23-10-6-9-20(11-16-19-15(13-26-16)18(22)24-2)17(21)12-25-14-7-4-3-5-8-14/h3-5,7-8,13H,6,9-12H2,1-2H3. The summed E-state index contributed by atoms with van der Waals surface area (Å²) in [5.41, 5.74) is 0.248. The second-order valence-electron chi connectivity index (χ2n) is 5.38. The van der Waals surface area contributed by atoms with E-state index < -0.39 is 5.97 Å². The predicted octanol–water partition coefficient (Wildman–Crippen LogP) is 2.37. The third kappa shape index (κ3) is 6.12. The fourth-order valence-corrected chi connectivity index (χ4v) is 2.97. The zero-order valence-corrected chi connectivity index (χ0v) is 15.7. The number of aromatic nitrogens is 1. The highest BCUT2D eigenvalue weighted by Gasteiger charge is 2.18. The number of ether oxygens (including phenoxy) is 3. The molecule has 0 N–H and O–H groups in total. The van der Waals surface area contributed by atoms with Gasteiger partial charge in [0.15, 0.2) is 12.3 Å². The number of esters is 1. The quantitative estimate of drug-likeness (QED) is 0.467. The lowest BCUT2D eigenvalue weighted by molar-refractivity contribution is -0.134. The Labute approximate surface area is 156 Å². The van der Waals surface area contributed by atoms with Gasteiger partial charge >= 0.3 is 5.97 Å². The van der Waals surface area contributed by atoms with Crippen molar-refractivity contribution in [1.82, 2.24) is 9.88 Å². The maximum absolute atomic E-state index is 12.6. The van der Waals surface area contributed by atoms with Crippen molar-refractivity contribution in [3.8, 4) is 5.75 Å². The Morgan fingerprint density at radius 2 is 1.96 bits per heavy atom. The van der Waals surface area contributed by atoms with Gasteiger partial charge in [0.2, 0.25) is 0 Å². The lowest BCUT2D eigenvalue weighted by atomic mass is 10.3. The number of nitrogens with zero attached hydrogens (tertiary/aromatic N) is 2. The van der Waals surface area contributed by atoms with Crippen LogP contribution < -0.4 is 4.74 Å². The van der Waals surface area contributed by atoms with Gasteiger partial charge in [-0.05, 0) is 18.6 Å². The fourth-order valence-electron chi connectivity index (χ4n) is 2.19. The predicted molar refractivity (Wildman–Crippen MR) is 97.3 cm³/mol. The lowest BCUT2D eigenvalue weighted by Crippen LogP contribution is -2.35. The van der Waals surface area contributed by atoms with Crippen molar-refractivity contribution < 1.29 is 23.8 Å². The first kappa shape index (κ1) is 19.9. The Morgan fingerprint density at radius 3 is 2.65 bits per heavy atom. The fraction of sp³-hybridized carbons (Fsp3) is 0.389. The van der Waals surface area contributed by atoms with Crippen LogP contribution in [0.3, 0.4) is 0 Å². The summed E-state index contributed by atoms with van der Waals surface area (Å²) in [6, 6.07) is 9.17. The van der Waals surface area contributed by atoms with Crippen LogP contribution in [0.1, 0.15) is 21.9 Å². The van der Waals surface area contributed by atoms with E-state index in [9.17, 15) is 9.59 Å². The number of amides is 1. The minimum Gasteiger partial charge on any atom is -0.484 e. The van der Waals surface area contributed by atoms with Crippen molar-refractivity contribution in [1.29, 1.82) is 0 Å². The minimum atomic E-state index is -0.489. The van der Waals surface area contributed by atoms with Crippen LogP contribution in [0, 0.1) is 0 Å². The van der Waals surface area contributed by atoms with E-state index in [-0.39, 0.29) is 18.2 Å². The van der Waals surface area contributed by atoms with Gasteiger partial charge in [0.25, 0.3) is 5.91 Å². The molecule has 1 aromatic heterocycles. The molecule has 0 saturated heterocycles. The van der Waals surface area contributed by atoms with Gasteiger partial charge in [0.1, 0.15) is 10.8 Å². The number of carbonyl (C=O) groups is 2. The Bertz CT molecular complexity index is 705. The van der Waals surface area contributed by atoms with Crippen molar-refractivity contribution in [2.75, 3.05) is 34.0 Å². The molecule has 1 heterocycles. The van der Waals surface area contributed by atoms with E-state index in [2.05, 4.69) is 9.72 Å². The Kier molecular flexibility index (Phi) is 8.04. The number of hydrogen-bond donors (Lipinski definition) is 0. The van der Waals surface area contributed by atoms with E-state index in [1.165, 1.54) is 18.4 Å². The maximum atomic E-state index is 12.6. The van der Waals surface area contributed by atoms with Crippen molar-refractivity contribution in [2.24, 2.45) is 0 Å². The molecule has 0 fully saturated rings. The van der Waals surface area contributed by atoms with Crippen LogP contribution in [-0.4, -0.2) is 55.7 Å². The molecule has 1 amide bonds. The summed E-state index contributed by atoms with van der Waals surface area (Å²) in [5.74, 6) is -0.00291. The number of thiazole rings is 1. The molecule has 7 nitrogen and oxygen atoms in total. The van der Waals surface area contributed by atoms with Crippen molar-refractivity contribution >= 4 is 23.2 Å². The first-order chi connectivity index (χ1) is 12.6. The zero-order chi connectivity index (χ0) is 18.8. The van der Waals surface area contributed by atoms with Crippen LogP contribution in [0.2, 0.25) is 0 Å². The SMILES string of the molecule is COCCCN(Cc1nc(C(=O)OC)cs1)C(=O)COc1ccccc1. The van der Waals surface area contributed by atoms with E-state index in [1.807, 2.05) is 18.2 Å². The summed E-state index contributed by atoms with van der Waals surface area (Å²) < 4.78 is 15.3. The van der Waals surface area contributed by atoms with Gasteiger partial charge in [-0.15, -0.1) is 11.3 Å². The molecular formula is C18H22N2O5S. The Hall–Kier alpha value is -2.45. The highest BCUT2D eigenvalue weighted by Crippen LogP contribution is 2.14. The molecule has 0 radical (unpaired) electrons. The van der Waals surface area contributed by atoms with Crippen LogP contribution in [0.4, 0.5) is 0 Å². The summed E-state index contributed by atoms with van der Waals surface area (Å²) >= 11 is 1.31. The number of para-hydroxylation sites is 1. The van der Waals surface area contributed by atoms with E-state index in [4.69, 9.17) is 9.47 Å². The molecule has 0 unspecified atom stereocenters. The molecule has 0 aliphatic rings. The zero-order valence-electron chi connectivity index (χ0n) is 14.8. The molecule has 26 heavy (non-hydrogen) atoms. The van der Waals surface area contributed by atoms with Gasteiger partial charge in [-0.2, -0.15) is 0 Å². The molecule has 8 heteroatoms. The largest absolute Gasteiger partial charge is 0.484 e. The Balaban J connectivity index is 1.98. The smallest absolute Gasteiger partial charge is 0.357 e. The molecule has 1 aromatic carbocycles. The van der Waals surface area contributed by atoms with Crippen LogP contribution in [0.25, 0.3) is 0 Å². The highest BCUT2D eigenvalue weighted by atomic mass is 32.1. The first-order valence-corrected chi connectivity index (χ1v) is 8.99. The Morgan fingerprint density at radius 1 is 1.19 bits per heavy atom. The van der Waals surface area contributed by atoms with Gasteiger partial charge in [-0.1, -0.05) is 18.2 Å². The molecule has 0 aliphatic heterocycles. The van der Waals surface area contributed by atoms with Gasteiger partial charge in [0.05, 0.1) is 13.7 Å². The highest BCUT2D eigenvalue weighted by molar-refractivity contribution is 7.09. The summed E-state index contributed by atoms with van der Waals surface area (Å²) in [6.07, 6.45) is 0.697. The molecule has 0 spiro atoms. The second kappa shape index (κ2) is 10.5.